The van der Waals surface area contributed by atoms with E-state index in [4.69, 9.17) is 11.6 Å². The third-order valence-electron chi connectivity index (χ3n) is 3.83. The lowest BCUT2D eigenvalue weighted by Gasteiger charge is -2.11. The predicted octanol–water partition coefficient (Wildman–Crippen LogP) is 3.64. The normalized spacial score (nSPS) is 11.7. The average Bonchev–Trinajstić information content (AvgIpc) is 3.16. The number of nitrogens with zero attached hydrogens (tertiary/aromatic N) is 3. The van der Waals surface area contributed by atoms with Crippen LogP contribution in [0.3, 0.4) is 0 Å². The van der Waals surface area contributed by atoms with Gasteiger partial charge in [-0.25, -0.2) is 4.98 Å². The van der Waals surface area contributed by atoms with Crippen LogP contribution >= 0.6 is 22.9 Å². The summed E-state index contributed by atoms with van der Waals surface area (Å²) in [6.45, 7) is 3.63. The molecular weight excluding hydrogens is 386 g/mol. The SMILES string of the molecule is Cc1c(Cl)cccc1NC(=O)c1csc([C@@H](C)NC(=O)c2ccnnc2)n1. The van der Waals surface area contributed by atoms with Crippen LogP contribution in [0.1, 0.15) is 44.4 Å². The lowest BCUT2D eigenvalue weighted by Crippen LogP contribution is -2.26. The van der Waals surface area contributed by atoms with E-state index in [2.05, 4.69) is 25.8 Å². The van der Waals surface area contributed by atoms with Crippen LogP contribution in [0.15, 0.2) is 42.0 Å². The highest BCUT2D eigenvalue weighted by molar-refractivity contribution is 7.09. The van der Waals surface area contributed by atoms with E-state index >= 15 is 0 Å². The summed E-state index contributed by atoms with van der Waals surface area (Å²) in [6, 6.07) is 6.52. The molecule has 0 bridgehead atoms. The molecule has 7 nitrogen and oxygen atoms in total. The van der Waals surface area contributed by atoms with Crippen molar-refractivity contribution in [2.24, 2.45) is 0 Å². The second-order valence-electron chi connectivity index (χ2n) is 5.76. The Labute approximate surface area is 164 Å². The number of thiazole rings is 1. The zero-order valence-corrected chi connectivity index (χ0v) is 16.1. The second-order valence-corrected chi connectivity index (χ2v) is 7.06. The van der Waals surface area contributed by atoms with Gasteiger partial charge in [-0.05, 0) is 37.6 Å². The van der Waals surface area contributed by atoms with Crippen LogP contribution in [0, 0.1) is 6.92 Å². The monoisotopic (exact) mass is 401 g/mol. The number of nitrogens with one attached hydrogen (secondary N) is 2. The molecule has 27 heavy (non-hydrogen) atoms. The Bertz CT molecular complexity index is 977. The third-order valence-corrected chi connectivity index (χ3v) is 5.27. The summed E-state index contributed by atoms with van der Waals surface area (Å²) in [7, 11) is 0. The van der Waals surface area contributed by atoms with Gasteiger partial charge in [0, 0.05) is 16.1 Å². The largest absolute Gasteiger partial charge is 0.343 e. The lowest BCUT2D eigenvalue weighted by atomic mass is 10.2. The molecule has 0 aliphatic carbocycles. The van der Waals surface area contributed by atoms with E-state index in [-0.39, 0.29) is 23.6 Å². The van der Waals surface area contributed by atoms with Gasteiger partial charge >= 0.3 is 0 Å². The molecule has 2 heterocycles. The van der Waals surface area contributed by atoms with Crippen molar-refractivity contribution < 1.29 is 9.59 Å². The minimum Gasteiger partial charge on any atom is -0.343 e. The average molecular weight is 402 g/mol. The van der Waals surface area contributed by atoms with Crippen molar-refractivity contribution in [3.63, 3.8) is 0 Å². The number of rotatable bonds is 5. The fraction of sp³-hybridized carbons (Fsp3) is 0.167. The summed E-state index contributed by atoms with van der Waals surface area (Å²) in [5.41, 5.74) is 2.10. The molecule has 2 N–H and O–H groups in total. The Kier molecular flexibility index (Phi) is 5.78. The van der Waals surface area contributed by atoms with Crippen molar-refractivity contribution in [2.75, 3.05) is 5.32 Å². The molecule has 9 heteroatoms. The summed E-state index contributed by atoms with van der Waals surface area (Å²) in [4.78, 5) is 29.0. The van der Waals surface area contributed by atoms with Crippen molar-refractivity contribution in [1.82, 2.24) is 20.5 Å². The van der Waals surface area contributed by atoms with Gasteiger partial charge < -0.3 is 10.6 Å². The summed E-state index contributed by atoms with van der Waals surface area (Å²) in [6.07, 6.45) is 2.83. The molecule has 0 aliphatic heterocycles. The van der Waals surface area contributed by atoms with Crippen molar-refractivity contribution in [3.8, 4) is 0 Å². The van der Waals surface area contributed by atoms with E-state index in [1.54, 1.807) is 36.6 Å². The molecule has 3 rings (SSSR count). The van der Waals surface area contributed by atoms with Gasteiger partial charge in [-0.3, -0.25) is 9.59 Å². The summed E-state index contributed by atoms with van der Waals surface area (Å²) >= 11 is 7.37. The Balaban J connectivity index is 1.67. The molecule has 0 aliphatic rings. The maximum Gasteiger partial charge on any atom is 0.275 e. The van der Waals surface area contributed by atoms with Gasteiger partial charge in [0.05, 0.1) is 24.0 Å². The van der Waals surface area contributed by atoms with E-state index in [0.29, 0.717) is 21.3 Å². The van der Waals surface area contributed by atoms with E-state index in [9.17, 15) is 9.59 Å². The zero-order chi connectivity index (χ0) is 19.4. The van der Waals surface area contributed by atoms with Crippen LogP contribution in [0.5, 0.6) is 0 Å². The summed E-state index contributed by atoms with van der Waals surface area (Å²) < 4.78 is 0. The van der Waals surface area contributed by atoms with Gasteiger partial charge in [0.1, 0.15) is 10.7 Å². The first-order chi connectivity index (χ1) is 13.0. The number of aromatic nitrogens is 3. The van der Waals surface area contributed by atoms with Crippen molar-refractivity contribution in [1.29, 1.82) is 0 Å². The second kappa shape index (κ2) is 8.24. The van der Waals surface area contributed by atoms with E-state index in [0.717, 1.165) is 5.56 Å². The molecule has 0 unspecified atom stereocenters. The number of halogens is 1. The molecule has 138 valence electrons. The lowest BCUT2D eigenvalue weighted by molar-refractivity contribution is 0.0939. The zero-order valence-electron chi connectivity index (χ0n) is 14.6. The van der Waals surface area contributed by atoms with Crippen LogP contribution in [0.25, 0.3) is 0 Å². The highest BCUT2D eigenvalue weighted by Gasteiger charge is 2.18. The number of carbonyl (C=O) groups excluding carboxylic acids is 2. The van der Waals surface area contributed by atoms with E-state index < -0.39 is 0 Å². The van der Waals surface area contributed by atoms with Gasteiger partial charge in [-0.1, -0.05) is 17.7 Å². The molecular formula is C18H16ClN5O2S. The predicted molar refractivity (Wildman–Crippen MR) is 104 cm³/mol. The molecule has 1 atom stereocenters. The van der Waals surface area contributed by atoms with E-state index in [1.807, 2.05) is 6.92 Å². The van der Waals surface area contributed by atoms with Crippen LogP contribution in [0.2, 0.25) is 5.02 Å². The van der Waals surface area contributed by atoms with Crippen molar-refractivity contribution >= 4 is 40.4 Å². The fourth-order valence-electron chi connectivity index (χ4n) is 2.29. The number of hydrogen-bond acceptors (Lipinski definition) is 6. The first-order valence-corrected chi connectivity index (χ1v) is 9.31. The number of anilines is 1. The number of hydrogen-bond donors (Lipinski definition) is 2. The third kappa shape index (κ3) is 4.47. The maximum absolute atomic E-state index is 12.4. The number of benzene rings is 1. The van der Waals surface area contributed by atoms with Crippen LogP contribution in [0.4, 0.5) is 5.69 Å². The van der Waals surface area contributed by atoms with Crippen LogP contribution in [-0.2, 0) is 0 Å². The Morgan fingerprint density at radius 2 is 2.00 bits per heavy atom. The van der Waals surface area contributed by atoms with Gasteiger partial charge in [0.15, 0.2) is 0 Å². The molecule has 0 saturated carbocycles. The van der Waals surface area contributed by atoms with Gasteiger partial charge in [-0.15, -0.1) is 11.3 Å². The Morgan fingerprint density at radius 1 is 1.19 bits per heavy atom. The summed E-state index contributed by atoms with van der Waals surface area (Å²) in [5.74, 6) is -0.618. The summed E-state index contributed by atoms with van der Waals surface area (Å²) in [5, 5.41) is 15.8. The standard InChI is InChI=1S/C18H16ClN5O2S/c1-10-13(19)4-3-5-14(10)23-17(26)15-9-27-18(24-15)11(2)22-16(25)12-6-7-20-21-8-12/h3-9,11H,1-2H3,(H,22,25)(H,23,26)/t11-/m1/s1. The van der Waals surface area contributed by atoms with Gasteiger partial charge in [-0.2, -0.15) is 10.2 Å². The van der Waals surface area contributed by atoms with Crippen LogP contribution < -0.4 is 10.6 Å². The van der Waals surface area contributed by atoms with Gasteiger partial charge in [0.2, 0.25) is 0 Å². The highest BCUT2D eigenvalue weighted by Crippen LogP contribution is 2.24. The quantitative estimate of drug-likeness (QED) is 0.680. The highest BCUT2D eigenvalue weighted by atomic mass is 35.5. The Morgan fingerprint density at radius 3 is 2.74 bits per heavy atom. The van der Waals surface area contributed by atoms with Crippen molar-refractivity contribution in [3.05, 3.63) is 68.9 Å². The first kappa shape index (κ1) is 18.9. The van der Waals surface area contributed by atoms with E-state index in [1.165, 1.54) is 23.7 Å². The molecule has 0 saturated heterocycles. The number of carbonyl (C=O) groups is 2. The van der Waals surface area contributed by atoms with Crippen molar-refractivity contribution in [2.45, 2.75) is 19.9 Å². The molecule has 0 spiro atoms. The minimum atomic E-state index is -0.356. The molecule has 2 amide bonds. The number of amides is 2. The topological polar surface area (TPSA) is 96.9 Å². The van der Waals surface area contributed by atoms with Crippen LogP contribution in [-0.4, -0.2) is 27.0 Å². The smallest absolute Gasteiger partial charge is 0.275 e. The fourth-order valence-corrected chi connectivity index (χ4v) is 3.27. The Hall–Kier alpha value is -2.84. The maximum atomic E-state index is 12.4. The first-order valence-electron chi connectivity index (χ1n) is 8.05. The van der Waals surface area contributed by atoms with Gasteiger partial charge in [0.25, 0.3) is 11.8 Å². The molecule has 0 fully saturated rings. The molecule has 0 radical (unpaired) electrons. The minimum absolute atomic E-state index is 0.279. The molecule has 3 aromatic rings. The molecule has 1 aromatic carbocycles. The molecule has 2 aromatic heterocycles.